The molecule has 3 heterocycles. The van der Waals surface area contributed by atoms with Crippen molar-refractivity contribution >= 4 is 11.5 Å². The standard InChI is InChI=1S/C23H25N3O.C2H6/c1-14-4-2-3-5-19(14)26-13-20-21(24-22-25(20)6-7-27-22)23(26)17-9-15-8-16(11-17)12-18(23)10-15;1-2/h2-7,15-18H,8-13H2,1H3;1-2H3. The number of benzene rings is 1. The number of rotatable bonds is 1. The molecule has 1 aliphatic heterocycles. The zero-order valence-corrected chi connectivity index (χ0v) is 17.8. The summed E-state index contributed by atoms with van der Waals surface area (Å²) >= 11 is 0. The topological polar surface area (TPSA) is 33.7 Å². The Kier molecular flexibility index (Phi) is 3.73. The monoisotopic (exact) mass is 389 g/mol. The van der Waals surface area contributed by atoms with Crippen LogP contribution in [0.25, 0.3) is 5.84 Å². The molecule has 0 N–H and O–H groups in total. The van der Waals surface area contributed by atoms with Crippen molar-refractivity contribution in [3.63, 3.8) is 0 Å². The van der Waals surface area contributed by atoms with Gasteiger partial charge in [0.15, 0.2) is 0 Å². The van der Waals surface area contributed by atoms with Crippen LogP contribution in [0.2, 0.25) is 0 Å². The third-order valence-corrected chi connectivity index (χ3v) is 8.28. The van der Waals surface area contributed by atoms with E-state index in [1.807, 2.05) is 20.0 Å². The van der Waals surface area contributed by atoms with E-state index in [0.717, 1.165) is 36.1 Å². The van der Waals surface area contributed by atoms with Gasteiger partial charge in [-0.25, -0.2) is 0 Å². The van der Waals surface area contributed by atoms with Crippen LogP contribution in [-0.4, -0.2) is 9.38 Å². The molecule has 152 valence electrons. The third kappa shape index (κ3) is 2.13. The normalized spacial score (nSPS) is 34.0. The van der Waals surface area contributed by atoms with Crippen LogP contribution in [0.15, 0.2) is 41.1 Å². The first-order chi connectivity index (χ1) is 14.2. The van der Waals surface area contributed by atoms with Crippen molar-refractivity contribution in [3.05, 3.63) is 53.7 Å². The van der Waals surface area contributed by atoms with E-state index in [4.69, 9.17) is 9.40 Å². The summed E-state index contributed by atoms with van der Waals surface area (Å²) in [6.07, 6.45) is 10.8. The molecule has 0 amide bonds. The predicted molar refractivity (Wildman–Crippen MR) is 115 cm³/mol. The summed E-state index contributed by atoms with van der Waals surface area (Å²) in [7, 11) is 0. The number of imidazole rings is 1. The van der Waals surface area contributed by atoms with Crippen LogP contribution in [-0.2, 0) is 12.1 Å². The van der Waals surface area contributed by atoms with E-state index in [1.165, 1.54) is 54.7 Å². The third-order valence-electron chi connectivity index (χ3n) is 8.28. The lowest BCUT2D eigenvalue weighted by atomic mass is 9.47. The Balaban J connectivity index is 0.000000803. The fourth-order valence-corrected chi connectivity index (χ4v) is 7.59. The van der Waals surface area contributed by atoms with E-state index in [0.29, 0.717) is 0 Å². The van der Waals surface area contributed by atoms with Crippen molar-refractivity contribution in [2.45, 2.75) is 65.0 Å². The number of oxazole rings is 1. The fourth-order valence-electron chi connectivity index (χ4n) is 7.59. The summed E-state index contributed by atoms with van der Waals surface area (Å²) in [5.41, 5.74) is 5.54. The quantitative estimate of drug-likeness (QED) is 0.517. The molecule has 1 spiro atoms. The molecule has 3 aromatic rings. The summed E-state index contributed by atoms with van der Waals surface area (Å²) in [5, 5.41) is 0. The molecule has 0 unspecified atom stereocenters. The van der Waals surface area contributed by atoms with Gasteiger partial charge < -0.3 is 9.32 Å². The lowest BCUT2D eigenvalue weighted by molar-refractivity contribution is -0.0603. The minimum Gasteiger partial charge on any atom is -0.432 e. The second-order valence-corrected chi connectivity index (χ2v) is 9.47. The number of nitrogens with zero attached hydrogens (tertiary/aromatic N) is 3. The van der Waals surface area contributed by atoms with Crippen LogP contribution < -0.4 is 4.90 Å². The Morgan fingerprint density at radius 3 is 2.38 bits per heavy atom. The van der Waals surface area contributed by atoms with Crippen LogP contribution in [0, 0.1) is 30.6 Å². The molecule has 1 aromatic carbocycles. The summed E-state index contributed by atoms with van der Waals surface area (Å²) in [4.78, 5) is 7.87. The smallest absolute Gasteiger partial charge is 0.306 e. The van der Waals surface area contributed by atoms with Crippen molar-refractivity contribution in [2.75, 3.05) is 4.90 Å². The molecule has 5 aliphatic rings. The van der Waals surface area contributed by atoms with E-state index >= 15 is 0 Å². The first-order valence-corrected chi connectivity index (χ1v) is 11.5. The lowest BCUT2D eigenvalue weighted by Gasteiger charge is -2.62. The number of anilines is 1. The van der Waals surface area contributed by atoms with Gasteiger partial charge in [0, 0.05) is 11.9 Å². The Hall–Kier alpha value is -2.23. The van der Waals surface area contributed by atoms with Crippen molar-refractivity contribution in [1.29, 1.82) is 0 Å². The number of fused-ring (bicyclic) bond motifs is 3. The maximum absolute atomic E-state index is 5.70. The zero-order chi connectivity index (χ0) is 19.8. The van der Waals surface area contributed by atoms with Crippen LogP contribution in [0.4, 0.5) is 5.69 Å². The van der Waals surface area contributed by atoms with Gasteiger partial charge in [-0.1, -0.05) is 32.0 Å². The van der Waals surface area contributed by atoms with Gasteiger partial charge in [0.1, 0.15) is 6.26 Å². The molecule has 4 nitrogen and oxygen atoms in total. The minimum atomic E-state index is 0.0728. The van der Waals surface area contributed by atoms with Gasteiger partial charge in [-0.2, -0.15) is 4.98 Å². The molecule has 4 bridgehead atoms. The molecular weight excluding hydrogens is 358 g/mol. The van der Waals surface area contributed by atoms with Gasteiger partial charge in [0.2, 0.25) is 0 Å². The fraction of sp³-hybridized carbons (Fsp3) is 0.560. The van der Waals surface area contributed by atoms with Crippen LogP contribution in [0.1, 0.15) is 62.9 Å². The van der Waals surface area contributed by atoms with E-state index < -0.39 is 0 Å². The Morgan fingerprint density at radius 1 is 1.00 bits per heavy atom. The van der Waals surface area contributed by atoms with Crippen molar-refractivity contribution < 1.29 is 4.42 Å². The highest BCUT2D eigenvalue weighted by Gasteiger charge is 2.65. The molecule has 4 saturated carbocycles. The molecule has 4 heteroatoms. The average Bonchev–Trinajstić information content (AvgIpc) is 3.39. The van der Waals surface area contributed by atoms with Crippen LogP contribution >= 0.6 is 0 Å². The molecule has 8 rings (SSSR count). The lowest BCUT2D eigenvalue weighted by Crippen LogP contribution is -2.62. The summed E-state index contributed by atoms with van der Waals surface area (Å²) in [5.74, 6) is 4.14. The van der Waals surface area contributed by atoms with Crippen molar-refractivity contribution in [2.24, 2.45) is 23.7 Å². The molecule has 0 saturated heterocycles. The number of aromatic nitrogens is 2. The summed E-state index contributed by atoms with van der Waals surface area (Å²) < 4.78 is 7.89. The van der Waals surface area contributed by atoms with Crippen LogP contribution in [0.3, 0.4) is 0 Å². The van der Waals surface area contributed by atoms with E-state index in [9.17, 15) is 0 Å². The second-order valence-electron chi connectivity index (χ2n) is 9.47. The molecule has 4 fully saturated rings. The van der Waals surface area contributed by atoms with E-state index in [1.54, 1.807) is 6.26 Å². The van der Waals surface area contributed by atoms with E-state index in [2.05, 4.69) is 40.5 Å². The highest BCUT2D eigenvalue weighted by Crippen LogP contribution is 2.66. The highest BCUT2D eigenvalue weighted by molar-refractivity contribution is 5.62. The van der Waals surface area contributed by atoms with Gasteiger partial charge in [-0.05, 0) is 74.3 Å². The molecule has 29 heavy (non-hydrogen) atoms. The largest absolute Gasteiger partial charge is 0.432 e. The second kappa shape index (κ2) is 6.13. The maximum Gasteiger partial charge on any atom is 0.306 e. The number of hydrogen-bond donors (Lipinski definition) is 0. The molecule has 0 atom stereocenters. The molecule has 0 radical (unpaired) electrons. The summed E-state index contributed by atoms with van der Waals surface area (Å²) in [6, 6.07) is 8.94. The van der Waals surface area contributed by atoms with Gasteiger partial charge in [-0.15, -0.1) is 0 Å². The first-order valence-electron chi connectivity index (χ1n) is 11.5. The highest BCUT2D eigenvalue weighted by atomic mass is 16.3. The van der Waals surface area contributed by atoms with Gasteiger partial charge in [-0.3, -0.25) is 4.40 Å². The first kappa shape index (κ1) is 17.6. The van der Waals surface area contributed by atoms with Gasteiger partial charge >= 0.3 is 5.84 Å². The van der Waals surface area contributed by atoms with Crippen molar-refractivity contribution in [3.8, 4) is 0 Å². The Morgan fingerprint density at radius 2 is 1.69 bits per heavy atom. The summed E-state index contributed by atoms with van der Waals surface area (Å²) in [6.45, 7) is 7.21. The maximum atomic E-state index is 5.70. The number of aryl methyl sites for hydroxylation is 1. The number of hydrogen-bond acceptors (Lipinski definition) is 3. The zero-order valence-electron chi connectivity index (χ0n) is 17.8. The minimum absolute atomic E-state index is 0.0728. The molecular formula is C25H31N3O. The van der Waals surface area contributed by atoms with Gasteiger partial charge in [0.05, 0.1) is 23.5 Å². The molecule has 4 aliphatic carbocycles. The SMILES string of the molecule is CC.Cc1ccccc1N1Cc2c(nc3occn23)C12C1CC3CC(C1)CC2C3. The van der Waals surface area contributed by atoms with Gasteiger partial charge in [0.25, 0.3) is 0 Å². The average molecular weight is 390 g/mol. The Labute approximate surface area is 172 Å². The molecule has 2 aromatic heterocycles. The Bertz CT molecular complexity index is 1030. The van der Waals surface area contributed by atoms with E-state index in [-0.39, 0.29) is 5.54 Å². The van der Waals surface area contributed by atoms with Crippen LogP contribution in [0.5, 0.6) is 0 Å². The van der Waals surface area contributed by atoms with Crippen molar-refractivity contribution in [1.82, 2.24) is 9.38 Å². The number of para-hydroxylation sites is 1. The predicted octanol–water partition coefficient (Wildman–Crippen LogP) is 5.93.